The predicted octanol–water partition coefficient (Wildman–Crippen LogP) is 4.37. The Bertz CT molecular complexity index is 906. The van der Waals surface area contributed by atoms with Gasteiger partial charge in [-0.05, 0) is 11.1 Å². The molecule has 1 saturated heterocycles. The molecule has 1 fully saturated rings. The van der Waals surface area contributed by atoms with Gasteiger partial charge in [-0.2, -0.15) is 0 Å². The fourth-order valence-corrected chi connectivity index (χ4v) is 3.63. The van der Waals surface area contributed by atoms with Crippen LogP contribution in [0.4, 0.5) is 4.39 Å². The maximum Gasteiger partial charge on any atom is 0.228 e. The van der Waals surface area contributed by atoms with Crippen LogP contribution in [0.25, 0.3) is 0 Å². The van der Waals surface area contributed by atoms with E-state index in [0.29, 0.717) is 12.2 Å². The van der Waals surface area contributed by atoms with Gasteiger partial charge in [0.1, 0.15) is 12.2 Å². The molecule has 3 aromatic rings. The summed E-state index contributed by atoms with van der Waals surface area (Å²) in [5, 5.41) is 11.1. The van der Waals surface area contributed by atoms with E-state index < -0.39 is 24.2 Å². The molecular formula is C25H25FO4. The molecular weight excluding hydrogens is 383 g/mol. The molecule has 30 heavy (non-hydrogen) atoms. The van der Waals surface area contributed by atoms with Gasteiger partial charge in [0.2, 0.25) is 5.79 Å². The van der Waals surface area contributed by atoms with Crippen molar-refractivity contribution in [2.24, 2.45) is 0 Å². The Hall–Kier alpha value is -2.57. The first-order valence-corrected chi connectivity index (χ1v) is 10.0. The first kappa shape index (κ1) is 20.7. The molecule has 0 bridgehead atoms. The molecule has 0 amide bonds. The van der Waals surface area contributed by atoms with Gasteiger partial charge in [0.15, 0.2) is 6.17 Å². The van der Waals surface area contributed by atoms with Gasteiger partial charge in [0.25, 0.3) is 0 Å². The molecule has 0 aromatic heterocycles. The highest BCUT2D eigenvalue weighted by atomic mass is 19.1. The standard InChI is InChI=1S/C25H25FO4/c26-24-23(29-17-20-12-6-2-7-13-20)22(18-28-16-19-10-4-1-5-11-19)30-25(24,27)21-14-8-3-9-15-21/h1-15,22-24,27H,16-18H2/t22-,23-,24-,25?/m1/s1. The van der Waals surface area contributed by atoms with E-state index in [1.54, 1.807) is 30.3 Å². The van der Waals surface area contributed by atoms with Gasteiger partial charge in [-0.1, -0.05) is 91.0 Å². The Kier molecular flexibility index (Phi) is 6.55. The lowest BCUT2D eigenvalue weighted by Gasteiger charge is -2.25. The highest BCUT2D eigenvalue weighted by molar-refractivity contribution is 5.24. The van der Waals surface area contributed by atoms with Gasteiger partial charge in [-0.15, -0.1) is 0 Å². The Balaban J connectivity index is 1.48. The topological polar surface area (TPSA) is 47.9 Å². The average molecular weight is 408 g/mol. The highest BCUT2D eigenvalue weighted by Gasteiger charge is 2.57. The van der Waals surface area contributed by atoms with Gasteiger partial charge in [-0.3, -0.25) is 0 Å². The summed E-state index contributed by atoms with van der Waals surface area (Å²) < 4.78 is 33.0. The van der Waals surface area contributed by atoms with Crippen molar-refractivity contribution in [2.45, 2.75) is 37.4 Å². The van der Waals surface area contributed by atoms with E-state index >= 15 is 4.39 Å². The minimum absolute atomic E-state index is 0.101. The zero-order valence-corrected chi connectivity index (χ0v) is 16.6. The van der Waals surface area contributed by atoms with Crippen molar-refractivity contribution in [3.8, 4) is 0 Å². The van der Waals surface area contributed by atoms with E-state index in [4.69, 9.17) is 14.2 Å². The molecule has 156 valence electrons. The minimum atomic E-state index is -2.08. The van der Waals surface area contributed by atoms with Crippen molar-refractivity contribution in [3.05, 3.63) is 108 Å². The molecule has 1 aliphatic heterocycles. The van der Waals surface area contributed by atoms with E-state index in [-0.39, 0.29) is 13.2 Å². The number of benzene rings is 3. The fourth-order valence-electron chi connectivity index (χ4n) is 3.63. The lowest BCUT2D eigenvalue weighted by Crippen LogP contribution is -2.39. The van der Waals surface area contributed by atoms with Gasteiger partial charge >= 0.3 is 0 Å². The molecule has 4 atom stereocenters. The van der Waals surface area contributed by atoms with Crippen LogP contribution in [0.1, 0.15) is 16.7 Å². The normalized spacial score (nSPS) is 26.0. The SMILES string of the molecule is OC1(c2ccccc2)O[C@H](COCc2ccccc2)[C@@H](OCc2ccccc2)[C@H]1F. The Morgan fingerprint density at radius 1 is 0.800 bits per heavy atom. The number of hydrogen-bond acceptors (Lipinski definition) is 4. The summed E-state index contributed by atoms with van der Waals surface area (Å²) in [7, 11) is 0. The van der Waals surface area contributed by atoms with Crippen molar-refractivity contribution in [2.75, 3.05) is 6.61 Å². The molecule has 0 aliphatic carbocycles. The fraction of sp³-hybridized carbons (Fsp3) is 0.280. The number of halogens is 1. The Morgan fingerprint density at radius 3 is 1.93 bits per heavy atom. The molecule has 1 heterocycles. The maximum atomic E-state index is 15.5. The Morgan fingerprint density at radius 2 is 1.33 bits per heavy atom. The third-order valence-electron chi connectivity index (χ3n) is 5.23. The summed E-state index contributed by atoms with van der Waals surface area (Å²) in [6.07, 6.45) is -3.47. The van der Waals surface area contributed by atoms with Crippen LogP contribution < -0.4 is 0 Å². The van der Waals surface area contributed by atoms with Crippen LogP contribution in [0.2, 0.25) is 0 Å². The second-order valence-corrected chi connectivity index (χ2v) is 7.38. The molecule has 4 rings (SSSR count). The summed E-state index contributed by atoms with van der Waals surface area (Å²) >= 11 is 0. The molecule has 0 radical (unpaired) electrons. The lowest BCUT2D eigenvalue weighted by molar-refractivity contribution is -0.229. The molecule has 1 N–H and O–H groups in total. The van der Waals surface area contributed by atoms with E-state index in [1.165, 1.54) is 0 Å². The van der Waals surface area contributed by atoms with Crippen molar-refractivity contribution in [1.82, 2.24) is 0 Å². The van der Waals surface area contributed by atoms with Crippen molar-refractivity contribution < 1.29 is 23.7 Å². The van der Waals surface area contributed by atoms with Crippen molar-refractivity contribution >= 4 is 0 Å². The molecule has 0 saturated carbocycles. The zero-order chi connectivity index (χ0) is 20.8. The summed E-state index contributed by atoms with van der Waals surface area (Å²) in [5.74, 6) is -2.08. The van der Waals surface area contributed by atoms with Crippen molar-refractivity contribution in [3.63, 3.8) is 0 Å². The van der Waals surface area contributed by atoms with Crippen LogP contribution in [0, 0.1) is 0 Å². The van der Waals surface area contributed by atoms with E-state index in [9.17, 15) is 5.11 Å². The number of rotatable bonds is 8. The summed E-state index contributed by atoms with van der Waals surface area (Å²) in [6, 6.07) is 27.8. The van der Waals surface area contributed by atoms with Crippen LogP contribution in [-0.4, -0.2) is 30.1 Å². The first-order valence-electron chi connectivity index (χ1n) is 10.0. The summed E-state index contributed by atoms with van der Waals surface area (Å²) in [4.78, 5) is 0. The molecule has 1 unspecified atom stereocenters. The summed E-state index contributed by atoms with van der Waals surface area (Å²) in [6.45, 7) is 0.687. The van der Waals surface area contributed by atoms with Crippen LogP contribution in [0.5, 0.6) is 0 Å². The molecule has 5 heteroatoms. The molecule has 1 aliphatic rings. The van der Waals surface area contributed by atoms with E-state index in [0.717, 1.165) is 11.1 Å². The average Bonchev–Trinajstić information content (AvgIpc) is 3.05. The van der Waals surface area contributed by atoms with Gasteiger partial charge in [-0.25, -0.2) is 4.39 Å². The van der Waals surface area contributed by atoms with Crippen LogP contribution >= 0.6 is 0 Å². The van der Waals surface area contributed by atoms with E-state index in [1.807, 2.05) is 60.7 Å². The maximum absolute atomic E-state index is 15.5. The van der Waals surface area contributed by atoms with Gasteiger partial charge in [0.05, 0.1) is 19.8 Å². The summed E-state index contributed by atoms with van der Waals surface area (Å²) in [5.41, 5.74) is 2.28. The first-order chi connectivity index (χ1) is 14.7. The minimum Gasteiger partial charge on any atom is -0.374 e. The third-order valence-corrected chi connectivity index (χ3v) is 5.23. The third kappa shape index (κ3) is 4.60. The smallest absolute Gasteiger partial charge is 0.228 e. The van der Waals surface area contributed by atoms with Gasteiger partial charge < -0.3 is 19.3 Å². The quantitative estimate of drug-likeness (QED) is 0.601. The van der Waals surface area contributed by atoms with Gasteiger partial charge in [0, 0.05) is 5.56 Å². The lowest BCUT2D eigenvalue weighted by atomic mass is 9.99. The molecule has 0 spiro atoms. The van der Waals surface area contributed by atoms with Crippen LogP contribution in [0.15, 0.2) is 91.0 Å². The predicted molar refractivity (Wildman–Crippen MR) is 111 cm³/mol. The molecule has 3 aromatic carbocycles. The Labute approximate surface area is 175 Å². The molecule has 4 nitrogen and oxygen atoms in total. The largest absolute Gasteiger partial charge is 0.374 e. The van der Waals surface area contributed by atoms with E-state index in [2.05, 4.69) is 0 Å². The second-order valence-electron chi connectivity index (χ2n) is 7.38. The number of aliphatic hydroxyl groups is 1. The number of hydrogen-bond donors (Lipinski definition) is 1. The zero-order valence-electron chi connectivity index (χ0n) is 16.6. The number of alkyl halides is 1. The highest BCUT2D eigenvalue weighted by Crippen LogP contribution is 2.41. The number of ether oxygens (including phenoxy) is 3. The van der Waals surface area contributed by atoms with Crippen LogP contribution in [-0.2, 0) is 33.2 Å². The second kappa shape index (κ2) is 9.49. The monoisotopic (exact) mass is 408 g/mol. The van der Waals surface area contributed by atoms with Crippen molar-refractivity contribution in [1.29, 1.82) is 0 Å². The van der Waals surface area contributed by atoms with Crippen LogP contribution in [0.3, 0.4) is 0 Å².